The maximum absolute atomic E-state index is 12.4. The molecule has 7 nitrogen and oxygen atoms in total. The van der Waals surface area contributed by atoms with Crippen LogP contribution in [0.3, 0.4) is 0 Å². The van der Waals surface area contributed by atoms with Crippen LogP contribution < -0.4 is 5.32 Å². The number of allylic oxidation sites excluding steroid dienone is 1. The van der Waals surface area contributed by atoms with Crippen LogP contribution in [-0.4, -0.2) is 36.5 Å². The molecule has 9 heteroatoms. The van der Waals surface area contributed by atoms with Crippen molar-refractivity contribution in [1.82, 2.24) is 5.32 Å². The van der Waals surface area contributed by atoms with Crippen LogP contribution in [0.25, 0.3) is 0 Å². The smallest absolute Gasteiger partial charge is 0.337 e. The van der Waals surface area contributed by atoms with Crippen LogP contribution in [0, 0.1) is 10.1 Å². The number of halogens is 2. The molecule has 1 amide bonds. The van der Waals surface area contributed by atoms with Crippen LogP contribution in [0.15, 0.2) is 54.1 Å². The first-order chi connectivity index (χ1) is 14.8. The lowest BCUT2D eigenvalue weighted by molar-refractivity contribution is -0.527. The molecule has 0 bridgehead atoms. The molecule has 0 radical (unpaired) electrons. The Morgan fingerprint density at radius 2 is 1.84 bits per heavy atom. The minimum atomic E-state index is -0.852. The summed E-state index contributed by atoms with van der Waals surface area (Å²) < 4.78 is 4.63. The third-order valence-electron chi connectivity index (χ3n) is 5.27. The molecule has 2 aromatic carbocycles. The molecule has 0 aliphatic heterocycles. The number of carbonyl (C=O) groups excluding carboxylic acids is 2. The largest absolute Gasteiger partial charge is 0.465 e. The van der Waals surface area contributed by atoms with Crippen molar-refractivity contribution in [3.63, 3.8) is 0 Å². The molecule has 0 saturated heterocycles. The summed E-state index contributed by atoms with van der Waals surface area (Å²) in [5.74, 6) is -1.19. The summed E-state index contributed by atoms with van der Waals surface area (Å²) in [5, 5.41) is 15.4. The Balaban J connectivity index is 1.67. The Labute approximate surface area is 189 Å². The van der Waals surface area contributed by atoms with Crippen LogP contribution in [0.5, 0.6) is 0 Å². The number of ether oxygens (including phenoxy) is 1. The second-order valence-corrected chi connectivity index (χ2v) is 8.02. The summed E-state index contributed by atoms with van der Waals surface area (Å²) in [6.07, 6.45) is 2.56. The lowest BCUT2D eigenvalue weighted by atomic mass is 9.80. The van der Waals surface area contributed by atoms with Crippen molar-refractivity contribution in [2.45, 2.75) is 24.8 Å². The Hall–Kier alpha value is -2.90. The summed E-state index contributed by atoms with van der Waals surface area (Å²) in [6, 6.07) is 10.2. The van der Waals surface area contributed by atoms with E-state index in [2.05, 4.69) is 10.1 Å². The van der Waals surface area contributed by atoms with E-state index in [-0.39, 0.29) is 29.7 Å². The zero-order valence-corrected chi connectivity index (χ0v) is 18.2. The predicted octanol–water partition coefficient (Wildman–Crippen LogP) is 4.66. The van der Waals surface area contributed by atoms with Gasteiger partial charge in [-0.2, -0.15) is 0 Å². The van der Waals surface area contributed by atoms with Crippen LogP contribution in [-0.2, 0) is 4.74 Å². The van der Waals surface area contributed by atoms with Gasteiger partial charge in [0.15, 0.2) is 0 Å². The first-order valence-electron chi connectivity index (χ1n) is 9.53. The quantitative estimate of drug-likeness (QED) is 0.291. The number of esters is 1. The highest BCUT2D eigenvalue weighted by Crippen LogP contribution is 2.38. The Morgan fingerprint density at radius 3 is 2.45 bits per heavy atom. The maximum Gasteiger partial charge on any atom is 0.337 e. The van der Waals surface area contributed by atoms with Gasteiger partial charge in [0.1, 0.15) is 0 Å². The molecule has 1 N–H and O–H groups in total. The van der Waals surface area contributed by atoms with Crippen molar-refractivity contribution < 1.29 is 19.2 Å². The highest BCUT2D eigenvalue weighted by Gasteiger charge is 2.37. The summed E-state index contributed by atoms with van der Waals surface area (Å²) in [6.45, 7) is 0.197. The fourth-order valence-electron chi connectivity index (χ4n) is 3.62. The van der Waals surface area contributed by atoms with Crippen molar-refractivity contribution >= 4 is 35.1 Å². The van der Waals surface area contributed by atoms with Gasteiger partial charge in [-0.05, 0) is 54.0 Å². The molecule has 31 heavy (non-hydrogen) atoms. The van der Waals surface area contributed by atoms with Crippen LogP contribution in [0.2, 0.25) is 10.0 Å². The topological polar surface area (TPSA) is 98.5 Å². The number of amides is 1. The van der Waals surface area contributed by atoms with Gasteiger partial charge in [0.25, 0.3) is 5.91 Å². The summed E-state index contributed by atoms with van der Waals surface area (Å²) in [5.41, 5.74) is 2.19. The van der Waals surface area contributed by atoms with E-state index in [0.29, 0.717) is 33.2 Å². The molecule has 0 aromatic heterocycles. The predicted molar refractivity (Wildman–Crippen MR) is 117 cm³/mol. The van der Waals surface area contributed by atoms with Gasteiger partial charge in [-0.25, -0.2) is 4.79 Å². The molecular formula is C22H20Cl2N2O5. The first-order valence-corrected chi connectivity index (χ1v) is 10.3. The molecule has 1 aliphatic rings. The number of rotatable bonds is 6. The van der Waals surface area contributed by atoms with Crippen molar-refractivity contribution in [1.29, 1.82) is 0 Å². The average molecular weight is 463 g/mol. The molecule has 0 fully saturated rings. The molecule has 0 spiro atoms. The highest BCUT2D eigenvalue weighted by atomic mass is 35.5. The summed E-state index contributed by atoms with van der Waals surface area (Å²) in [4.78, 5) is 35.3. The number of benzene rings is 2. The molecular weight excluding hydrogens is 443 g/mol. The average Bonchev–Trinajstić information content (AvgIpc) is 2.77. The van der Waals surface area contributed by atoms with Crippen molar-refractivity contribution in [3.8, 4) is 0 Å². The number of nitrogens with zero attached hydrogens (tertiary/aromatic N) is 1. The number of hydrogen-bond donors (Lipinski definition) is 1. The second kappa shape index (κ2) is 9.94. The van der Waals surface area contributed by atoms with Gasteiger partial charge in [0, 0.05) is 33.5 Å². The fraction of sp³-hybridized carbons (Fsp3) is 0.273. The fourth-order valence-corrected chi connectivity index (χ4v) is 4.17. The molecule has 0 heterocycles. The van der Waals surface area contributed by atoms with Crippen molar-refractivity contribution in [3.05, 3.63) is 91.0 Å². The lowest BCUT2D eigenvalue weighted by Gasteiger charge is -2.26. The van der Waals surface area contributed by atoms with Gasteiger partial charge < -0.3 is 10.1 Å². The Kier molecular flexibility index (Phi) is 7.30. The van der Waals surface area contributed by atoms with E-state index < -0.39 is 12.0 Å². The van der Waals surface area contributed by atoms with E-state index in [1.165, 1.54) is 31.4 Å². The normalized spacial score (nSPS) is 18.1. The van der Waals surface area contributed by atoms with E-state index in [0.717, 1.165) is 5.57 Å². The molecule has 162 valence electrons. The Bertz CT molecular complexity index is 1040. The third-order valence-corrected chi connectivity index (χ3v) is 5.84. The van der Waals surface area contributed by atoms with Crippen LogP contribution in [0.4, 0.5) is 0 Å². The minimum Gasteiger partial charge on any atom is -0.465 e. The molecule has 2 aromatic rings. The number of hydrogen-bond acceptors (Lipinski definition) is 5. The third kappa shape index (κ3) is 5.42. The van der Waals surface area contributed by atoms with E-state index in [9.17, 15) is 19.7 Å². The molecule has 1 aliphatic carbocycles. The number of methoxy groups -OCH3 is 1. The minimum absolute atomic E-state index is 0.197. The SMILES string of the molecule is COC(=O)c1ccc(C(=O)NCC2=CC[C@@H](c3ccc(Cl)cc3Cl)[C@H]([N+](=O)[O-])C2)cc1. The van der Waals surface area contributed by atoms with Crippen molar-refractivity contribution in [2.75, 3.05) is 13.7 Å². The second-order valence-electron chi connectivity index (χ2n) is 7.18. The number of nitro groups is 1. The van der Waals surface area contributed by atoms with Gasteiger partial charge >= 0.3 is 5.97 Å². The molecule has 0 unspecified atom stereocenters. The zero-order chi connectivity index (χ0) is 22.5. The maximum atomic E-state index is 12.4. The van der Waals surface area contributed by atoms with Crippen LogP contribution in [0.1, 0.15) is 45.0 Å². The highest BCUT2D eigenvalue weighted by molar-refractivity contribution is 6.35. The Morgan fingerprint density at radius 1 is 1.16 bits per heavy atom. The van der Waals surface area contributed by atoms with E-state index in [1.807, 2.05) is 6.08 Å². The van der Waals surface area contributed by atoms with Gasteiger partial charge in [0.05, 0.1) is 18.6 Å². The lowest BCUT2D eigenvalue weighted by Crippen LogP contribution is -2.34. The van der Waals surface area contributed by atoms with E-state index in [1.54, 1.807) is 18.2 Å². The summed E-state index contributed by atoms with van der Waals surface area (Å²) >= 11 is 12.2. The molecule has 2 atom stereocenters. The summed E-state index contributed by atoms with van der Waals surface area (Å²) in [7, 11) is 1.28. The van der Waals surface area contributed by atoms with Crippen molar-refractivity contribution in [2.24, 2.45) is 0 Å². The van der Waals surface area contributed by atoms with E-state index in [4.69, 9.17) is 23.2 Å². The van der Waals surface area contributed by atoms with Crippen LogP contribution >= 0.6 is 23.2 Å². The van der Waals surface area contributed by atoms with Gasteiger partial charge in [-0.15, -0.1) is 0 Å². The number of nitrogens with one attached hydrogen (secondary N) is 1. The number of carbonyl (C=O) groups is 2. The molecule has 0 saturated carbocycles. The van der Waals surface area contributed by atoms with Gasteiger partial charge in [-0.3, -0.25) is 14.9 Å². The molecule has 3 rings (SSSR count). The van der Waals surface area contributed by atoms with E-state index >= 15 is 0 Å². The first kappa shape index (κ1) is 22.8. The van der Waals surface area contributed by atoms with Gasteiger partial charge in [-0.1, -0.05) is 35.3 Å². The van der Waals surface area contributed by atoms with Gasteiger partial charge in [0.2, 0.25) is 6.04 Å². The zero-order valence-electron chi connectivity index (χ0n) is 16.6. The standard InChI is InChI=1S/C22H20Cl2N2O5/c1-31-22(28)15-5-3-14(4-6-15)21(27)25-12-13-2-8-18(20(10-13)26(29)30)17-9-7-16(23)11-19(17)24/h2-7,9,11,18,20H,8,10,12H2,1H3,(H,25,27)/t18-,20+/m0/s1. The monoisotopic (exact) mass is 462 g/mol.